The van der Waals surface area contributed by atoms with Crippen molar-refractivity contribution in [1.82, 2.24) is 4.90 Å². The van der Waals surface area contributed by atoms with Gasteiger partial charge in [-0.05, 0) is 57.4 Å². The molecule has 1 aromatic rings. The van der Waals surface area contributed by atoms with Gasteiger partial charge in [-0.3, -0.25) is 0 Å². The molecule has 0 aliphatic carbocycles. The summed E-state index contributed by atoms with van der Waals surface area (Å²) in [6.07, 6.45) is 0.393. The second-order valence-electron chi connectivity index (χ2n) is 6.99. The van der Waals surface area contributed by atoms with Crippen molar-refractivity contribution in [1.29, 1.82) is 0 Å². The normalized spacial score (nSPS) is 22.5. The molecule has 1 aliphatic heterocycles. The van der Waals surface area contributed by atoms with Crippen LogP contribution in [-0.4, -0.2) is 35.7 Å². The maximum Gasteiger partial charge on any atom is 0.410 e. The Hall–Kier alpha value is -1.62. The molecule has 1 saturated heterocycles. The second-order valence-corrected chi connectivity index (χ2v) is 6.99. The van der Waals surface area contributed by atoms with Crippen LogP contribution in [0.3, 0.4) is 0 Å². The van der Waals surface area contributed by atoms with Crippen LogP contribution in [0.25, 0.3) is 0 Å². The van der Waals surface area contributed by atoms with Crippen LogP contribution < -0.4 is 5.73 Å². The van der Waals surface area contributed by atoms with Gasteiger partial charge in [0.1, 0.15) is 11.4 Å². The van der Waals surface area contributed by atoms with E-state index in [4.69, 9.17) is 10.5 Å². The fraction of sp³-hybridized carbons (Fsp3) is 0.588. The van der Waals surface area contributed by atoms with E-state index in [1.165, 1.54) is 12.1 Å². The van der Waals surface area contributed by atoms with Gasteiger partial charge in [0.25, 0.3) is 0 Å². The summed E-state index contributed by atoms with van der Waals surface area (Å²) >= 11 is 0. The molecule has 4 nitrogen and oxygen atoms in total. The number of amides is 1. The van der Waals surface area contributed by atoms with Gasteiger partial charge >= 0.3 is 6.09 Å². The Morgan fingerprint density at radius 3 is 2.68 bits per heavy atom. The molecule has 1 amide bonds. The number of likely N-dealkylation sites (tertiary alicyclic amines) is 1. The van der Waals surface area contributed by atoms with Crippen LogP contribution in [0, 0.1) is 12.7 Å². The lowest BCUT2D eigenvalue weighted by Crippen LogP contribution is -2.49. The summed E-state index contributed by atoms with van der Waals surface area (Å²) in [5, 5.41) is 0. The molecule has 0 unspecified atom stereocenters. The lowest BCUT2D eigenvalue weighted by molar-refractivity contribution is 0.0186. The van der Waals surface area contributed by atoms with E-state index in [1.807, 2.05) is 27.7 Å². The number of carbonyl (C=O) groups is 1. The third-order valence-electron chi connectivity index (χ3n) is 3.95. The van der Waals surface area contributed by atoms with Crippen molar-refractivity contribution in [3.8, 4) is 0 Å². The first kappa shape index (κ1) is 16.7. The van der Waals surface area contributed by atoms with E-state index in [0.717, 1.165) is 11.1 Å². The van der Waals surface area contributed by atoms with Crippen molar-refractivity contribution in [2.45, 2.75) is 51.7 Å². The van der Waals surface area contributed by atoms with Crippen LogP contribution in [0.1, 0.15) is 44.2 Å². The molecule has 2 N–H and O–H groups in total. The quantitative estimate of drug-likeness (QED) is 0.867. The zero-order chi connectivity index (χ0) is 16.5. The Morgan fingerprint density at radius 1 is 1.41 bits per heavy atom. The molecule has 1 aromatic carbocycles. The van der Waals surface area contributed by atoms with E-state index in [1.54, 1.807) is 11.0 Å². The van der Waals surface area contributed by atoms with Crippen LogP contribution in [0.15, 0.2) is 18.2 Å². The molecule has 5 heteroatoms. The zero-order valence-corrected chi connectivity index (χ0v) is 13.7. The Kier molecular flexibility index (Phi) is 4.75. The number of ether oxygens (including phenoxy) is 1. The molecule has 0 bridgehead atoms. The molecule has 2 atom stereocenters. The summed E-state index contributed by atoms with van der Waals surface area (Å²) in [6, 6.07) is 4.69. The number of nitrogens with two attached hydrogens (primary N) is 1. The summed E-state index contributed by atoms with van der Waals surface area (Å²) in [7, 11) is 0. The predicted octanol–water partition coefficient (Wildman–Crippen LogP) is 3.19. The molecule has 1 aliphatic rings. The SMILES string of the molecule is Cc1cc(F)ccc1[C@@H]1CN(C(=O)OC(C)(C)C)CC[C@H]1N. The predicted molar refractivity (Wildman–Crippen MR) is 84.3 cm³/mol. The van der Waals surface area contributed by atoms with Crippen molar-refractivity contribution in [2.24, 2.45) is 5.73 Å². The minimum atomic E-state index is -0.516. The number of rotatable bonds is 1. The van der Waals surface area contributed by atoms with Gasteiger partial charge < -0.3 is 15.4 Å². The number of aryl methyl sites for hydroxylation is 1. The largest absolute Gasteiger partial charge is 0.444 e. The van der Waals surface area contributed by atoms with Crippen LogP contribution in [0.2, 0.25) is 0 Å². The van der Waals surface area contributed by atoms with Gasteiger partial charge in [-0.1, -0.05) is 6.07 Å². The molecule has 1 fully saturated rings. The molecular formula is C17H25FN2O2. The highest BCUT2D eigenvalue weighted by atomic mass is 19.1. The highest BCUT2D eigenvalue weighted by Crippen LogP contribution is 2.29. The number of nitrogens with zero attached hydrogens (tertiary/aromatic N) is 1. The van der Waals surface area contributed by atoms with Gasteiger partial charge in [0.2, 0.25) is 0 Å². The Labute approximate surface area is 131 Å². The summed E-state index contributed by atoms with van der Waals surface area (Å²) in [4.78, 5) is 13.9. The van der Waals surface area contributed by atoms with Crippen LogP contribution in [0.4, 0.5) is 9.18 Å². The topological polar surface area (TPSA) is 55.6 Å². The van der Waals surface area contributed by atoms with Gasteiger partial charge in [0.05, 0.1) is 0 Å². The zero-order valence-electron chi connectivity index (χ0n) is 13.7. The summed E-state index contributed by atoms with van der Waals surface area (Å²) < 4.78 is 18.7. The average molecular weight is 308 g/mol. The lowest BCUT2D eigenvalue weighted by atomic mass is 9.84. The first-order valence-corrected chi connectivity index (χ1v) is 7.67. The number of halogens is 1. The number of hydrogen-bond acceptors (Lipinski definition) is 3. The van der Waals surface area contributed by atoms with E-state index in [0.29, 0.717) is 19.5 Å². The number of carbonyl (C=O) groups excluding carboxylic acids is 1. The smallest absolute Gasteiger partial charge is 0.410 e. The van der Waals surface area contributed by atoms with E-state index in [9.17, 15) is 9.18 Å². The number of benzene rings is 1. The van der Waals surface area contributed by atoms with Gasteiger partial charge in [-0.2, -0.15) is 0 Å². The summed E-state index contributed by atoms with van der Waals surface area (Å²) in [5.41, 5.74) is 7.59. The Balaban J connectivity index is 2.16. The fourth-order valence-corrected chi connectivity index (χ4v) is 2.85. The molecule has 1 heterocycles. The molecule has 0 saturated carbocycles. The van der Waals surface area contributed by atoms with Crippen molar-refractivity contribution >= 4 is 6.09 Å². The molecule has 0 radical (unpaired) electrons. The molecular weight excluding hydrogens is 283 g/mol. The van der Waals surface area contributed by atoms with Crippen molar-refractivity contribution in [3.63, 3.8) is 0 Å². The van der Waals surface area contributed by atoms with E-state index < -0.39 is 5.60 Å². The molecule has 2 rings (SSSR count). The molecule has 22 heavy (non-hydrogen) atoms. The first-order valence-electron chi connectivity index (χ1n) is 7.67. The molecule has 122 valence electrons. The number of piperidine rings is 1. The van der Waals surface area contributed by atoms with Crippen LogP contribution in [0.5, 0.6) is 0 Å². The third-order valence-corrected chi connectivity index (χ3v) is 3.95. The van der Waals surface area contributed by atoms with Crippen molar-refractivity contribution in [3.05, 3.63) is 35.1 Å². The maximum atomic E-state index is 13.3. The highest BCUT2D eigenvalue weighted by molar-refractivity contribution is 5.68. The lowest BCUT2D eigenvalue weighted by Gasteiger charge is -2.38. The van der Waals surface area contributed by atoms with Crippen molar-refractivity contribution < 1.29 is 13.9 Å². The minimum Gasteiger partial charge on any atom is -0.444 e. The van der Waals surface area contributed by atoms with Crippen LogP contribution >= 0.6 is 0 Å². The fourth-order valence-electron chi connectivity index (χ4n) is 2.85. The van der Waals surface area contributed by atoms with Crippen molar-refractivity contribution in [2.75, 3.05) is 13.1 Å². The highest BCUT2D eigenvalue weighted by Gasteiger charge is 2.33. The average Bonchev–Trinajstić information content (AvgIpc) is 2.38. The Morgan fingerprint density at radius 2 is 2.09 bits per heavy atom. The van der Waals surface area contributed by atoms with Crippen LogP contribution in [-0.2, 0) is 4.74 Å². The Bertz CT molecular complexity index is 554. The monoisotopic (exact) mass is 308 g/mol. The van der Waals surface area contributed by atoms with E-state index in [2.05, 4.69) is 0 Å². The minimum absolute atomic E-state index is 0.00173. The maximum absolute atomic E-state index is 13.3. The second kappa shape index (κ2) is 6.24. The summed E-state index contributed by atoms with van der Waals surface area (Å²) in [5.74, 6) is -0.253. The molecule has 0 spiro atoms. The summed E-state index contributed by atoms with van der Waals surface area (Å²) in [6.45, 7) is 8.51. The van der Waals surface area contributed by atoms with Gasteiger partial charge in [-0.15, -0.1) is 0 Å². The van der Waals surface area contributed by atoms with Gasteiger partial charge in [0, 0.05) is 25.0 Å². The third kappa shape index (κ3) is 3.97. The first-order chi connectivity index (χ1) is 10.2. The number of hydrogen-bond donors (Lipinski definition) is 1. The van der Waals surface area contributed by atoms with E-state index >= 15 is 0 Å². The molecule has 0 aromatic heterocycles. The van der Waals surface area contributed by atoms with Gasteiger partial charge in [0.15, 0.2) is 0 Å². The van der Waals surface area contributed by atoms with E-state index in [-0.39, 0.29) is 23.9 Å². The van der Waals surface area contributed by atoms with Gasteiger partial charge in [-0.25, -0.2) is 9.18 Å². The standard InChI is InChI=1S/C17H25FN2O2/c1-11-9-12(18)5-6-13(11)14-10-20(8-7-15(14)19)16(21)22-17(2,3)4/h5-6,9,14-15H,7-8,10,19H2,1-4H3/t14-,15+/m0/s1.